The van der Waals surface area contributed by atoms with Gasteiger partial charge < -0.3 is 10.4 Å². The van der Waals surface area contributed by atoms with E-state index in [9.17, 15) is 9.59 Å². The van der Waals surface area contributed by atoms with Crippen LogP contribution in [-0.2, 0) is 9.59 Å². The van der Waals surface area contributed by atoms with E-state index < -0.39 is 12.0 Å². The highest BCUT2D eigenvalue weighted by molar-refractivity contribution is 5.77. The van der Waals surface area contributed by atoms with Crippen molar-refractivity contribution in [1.82, 2.24) is 10.3 Å². The van der Waals surface area contributed by atoms with Crippen molar-refractivity contribution in [3.05, 3.63) is 29.6 Å². The van der Waals surface area contributed by atoms with Gasteiger partial charge in [0, 0.05) is 17.5 Å². The molecule has 0 bridgehead atoms. The number of aromatic nitrogens is 1. The molecule has 1 aromatic heterocycles. The summed E-state index contributed by atoms with van der Waals surface area (Å²) in [5.41, 5.74) is 1.25. The Balaban J connectivity index is 2.93. The van der Waals surface area contributed by atoms with Gasteiger partial charge in [-0.25, -0.2) is 4.79 Å². The molecule has 0 aliphatic rings. The molecule has 1 aromatic rings. The van der Waals surface area contributed by atoms with Gasteiger partial charge in [0.25, 0.3) is 0 Å². The fourth-order valence-electron chi connectivity index (χ4n) is 1.03. The zero-order valence-corrected chi connectivity index (χ0v) is 7.60. The van der Waals surface area contributed by atoms with E-state index in [2.05, 4.69) is 10.3 Å². The third-order valence-electron chi connectivity index (χ3n) is 1.75. The Morgan fingerprint density at radius 1 is 1.64 bits per heavy atom. The summed E-state index contributed by atoms with van der Waals surface area (Å²) in [4.78, 5) is 24.8. The number of aryl methyl sites for hydroxylation is 1. The number of pyridine rings is 1. The summed E-state index contributed by atoms with van der Waals surface area (Å²) < 4.78 is 0. The van der Waals surface area contributed by atoms with E-state index in [1.165, 1.54) is 6.20 Å². The molecule has 2 N–H and O–H groups in total. The van der Waals surface area contributed by atoms with E-state index in [-0.39, 0.29) is 0 Å². The standard InChI is InChI=1S/C9H10N2O3/c1-6-2-3-7(4-10-6)8(9(13)14)11-5-12/h2-5,8H,1H3,(H,11,12)(H,13,14). The maximum absolute atomic E-state index is 10.7. The molecule has 0 saturated carbocycles. The second kappa shape index (κ2) is 4.36. The molecule has 1 amide bonds. The lowest BCUT2D eigenvalue weighted by Crippen LogP contribution is -2.27. The maximum Gasteiger partial charge on any atom is 0.330 e. The number of hydrogen-bond donors (Lipinski definition) is 2. The smallest absolute Gasteiger partial charge is 0.330 e. The van der Waals surface area contributed by atoms with Crippen LogP contribution in [0.5, 0.6) is 0 Å². The molecule has 0 fully saturated rings. The van der Waals surface area contributed by atoms with E-state index in [1.807, 2.05) is 0 Å². The number of nitrogens with zero attached hydrogens (tertiary/aromatic N) is 1. The molecule has 5 heteroatoms. The van der Waals surface area contributed by atoms with Crippen LogP contribution in [0.4, 0.5) is 0 Å². The van der Waals surface area contributed by atoms with Crippen molar-refractivity contribution in [3.63, 3.8) is 0 Å². The minimum atomic E-state index is -1.11. The third kappa shape index (κ3) is 2.29. The minimum Gasteiger partial charge on any atom is -0.479 e. The van der Waals surface area contributed by atoms with Gasteiger partial charge in [-0.1, -0.05) is 6.07 Å². The molecule has 1 rings (SSSR count). The molecule has 1 unspecified atom stereocenters. The number of carboxylic acid groups (broad SMARTS) is 1. The van der Waals surface area contributed by atoms with Crippen molar-refractivity contribution in [3.8, 4) is 0 Å². The van der Waals surface area contributed by atoms with Gasteiger partial charge in [0.2, 0.25) is 6.41 Å². The van der Waals surface area contributed by atoms with Gasteiger partial charge >= 0.3 is 5.97 Å². The van der Waals surface area contributed by atoms with Crippen LogP contribution >= 0.6 is 0 Å². The summed E-state index contributed by atoms with van der Waals surface area (Å²) in [6.45, 7) is 1.80. The van der Waals surface area contributed by atoms with Crippen LogP contribution < -0.4 is 5.32 Å². The number of carboxylic acids is 1. The van der Waals surface area contributed by atoms with Crippen molar-refractivity contribution in [1.29, 1.82) is 0 Å². The molecule has 0 aromatic carbocycles. The van der Waals surface area contributed by atoms with Gasteiger partial charge in [0.05, 0.1) is 0 Å². The number of aliphatic carboxylic acids is 1. The van der Waals surface area contributed by atoms with Crippen LogP contribution in [0.2, 0.25) is 0 Å². The fraction of sp³-hybridized carbons (Fsp3) is 0.222. The van der Waals surface area contributed by atoms with E-state index in [4.69, 9.17) is 5.11 Å². The molecule has 0 saturated heterocycles. The van der Waals surface area contributed by atoms with Gasteiger partial charge in [-0.15, -0.1) is 0 Å². The number of hydrogen-bond acceptors (Lipinski definition) is 3. The third-order valence-corrected chi connectivity index (χ3v) is 1.75. The Bertz CT molecular complexity index is 334. The molecule has 1 atom stereocenters. The summed E-state index contributed by atoms with van der Waals surface area (Å²) in [6.07, 6.45) is 1.79. The highest BCUT2D eigenvalue weighted by atomic mass is 16.4. The molecular weight excluding hydrogens is 184 g/mol. The lowest BCUT2D eigenvalue weighted by Gasteiger charge is -2.10. The second-order valence-electron chi connectivity index (χ2n) is 2.79. The first-order valence-corrected chi connectivity index (χ1v) is 4.00. The molecule has 0 aliphatic heterocycles. The second-order valence-corrected chi connectivity index (χ2v) is 2.79. The van der Waals surface area contributed by atoms with Crippen LogP contribution in [-0.4, -0.2) is 22.5 Å². The Morgan fingerprint density at radius 2 is 2.36 bits per heavy atom. The highest BCUT2D eigenvalue weighted by Gasteiger charge is 2.18. The fourth-order valence-corrected chi connectivity index (χ4v) is 1.03. The Morgan fingerprint density at radius 3 is 2.79 bits per heavy atom. The quantitative estimate of drug-likeness (QED) is 0.674. The predicted octanol–water partition coefficient (Wildman–Crippen LogP) is 0.262. The van der Waals surface area contributed by atoms with Crippen LogP contribution in [0, 0.1) is 6.92 Å². The van der Waals surface area contributed by atoms with Crippen molar-refractivity contribution >= 4 is 12.4 Å². The lowest BCUT2D eigenvalue weighted by molar-refractivity contribution is -0.140. The molecule has 74 valence electrons. The van der Waals surface area contributed by atoms with Gasteiger partial charge in [-0.3, -0.25) is 9.78 Å². The molecule has 0 spiro atoms. The molecule has 5 nitrogen and oxygen atoms in total. The summed E-state index contributed by atoms with van der Waals surface area (Å²) in [7, 11) is 0. The molecule has 1 heterocycles. The minimum absolute atomic E-state index is 0.360. The number of amides is 1. The average Bonchev–Trinajstić information content (AvgIpc) is 2.15. The first-order chi connectivity index (χ1) is 6.65. The van der Waals surface area contributed by atoms with Crippen molar-refractivity contribution in [2.75, 3.05) is 0 Å². The van der Waals surface area contributed by atoms with Gasteiger partial charge in [0.1, 0.15) is 0 Å². The maximum atomic E-state index is 10.7. The largest absolute Gasteiger partial charge is 0.479 e. The molecule has 0 aliphatic carbocycles. The summed E-state index contributed by atoms with van der Waals surface area (Å²) in [5, 5.41) is 11.0. The Labute approximate surface area is 80.8 Å². The van der Waals surface area contributed by atoms with Crippen LogP contribution in [0.15, 0.2) is 18.3 Å². The SMILES string of the molecule is Cc1ccc(C(NC=O)C(=O)O)cn1. The number of carbonyl (C=O) groups is 2. The molecule has 0 radical (unpaired) electrons. The van der Waals surface area contributed by atoms with Gasteiger partial charge in [0.15, 0.2) is 6.04 Å². The van der Waals surface area contributed by atoms with E-state index in [1.54, 1.807) is 19.1 Å². The van der Waals surface area contributed by atoms with Crippen molar-refractivity contribution in [2.24, 2.45) is 0 Å². The summed E-state index contributed by atoms with van der Waals surface area (Å²) in [5.74, 6) is -1.11. The van der Waals surface area contributed by atoms with Crippen LogP contribution in [0.3, 0.4) is 0 Å². The van der Waals surface area contributed by atoms with E-state index >= 15 is 0 Å². The highest BCUT2D eigenvalue weighted by Crippen LogP contribution is 2.11. The van der Waals surface area contributed by atoms with Crippen LogP contribution in [0.25, 0.3) is 0 Å². The topological polar surface area (TPSA) is 79.3 Å². The predicted molar refractivity (Wildman–Crippen MR) is 48.6 cm³/mol. The zero-order valence-electron chi connectivity index (χ0n) is 7.60. The number of nitrogens with one attached hydrogen (secondary N) is 1. The van der Waals surface area contributed by atoms with Crippen molar-refractivity contribution in [2.45, 2.75) is 13.0 Å². The number of carbonyl (C=O) groups excluding carboxylic acids is 1. The lowest BCUT2D eigenvalue weighted by atomic mass is 10.1. The first kappa shape index (κ1) is 10.2. The molecule has 14 heavy (non-hydrogen) atoms. The first-order valence-electron chi connectivity index (χ1n) is 4.00. The van der Waals surface area contributed by atoms with E-state index in [0.717, 1.165) is 5.69 Å². The zero-order chi connectivity index (χ0) is 10.6. The summed E-state index contributed by atoms with van der Waals surface area (Å²) in [6, 6.07) is 2.29. The Hall–Kier alpha value is -1.91. The van der Waals surface area contributed by atoms with Crippen molar-refractivity contribution < 1.29 is 14.7 Å². The Kier molecular flexibility index (Phi) is 3.17. The summed E-state index contributed by atoms with van der Waals surface area (Å²) >= 11 is 0. The van der Waals surface area contributed by atoms with Crippen LogP contribution in [0.1, 0.15) is 17.3 Å². The normalized spacial score (nSPS) is 11.8. The molecular formula is C9H10N2O3. The average molecular weight is 194 g/mol. The van der Waals surface area contributed by atoms with Gasteiger partial charge in [-0.2, -0.15) is 0 Å². The van der Waals surface area contributed by atoms with E-state index in [0.29, 0.717) is 12.0 Å². The van der Waals surface area contributed by atoms with Gasteiger partial charge in [-0.05, 0) is 13.0 Å². The monoisotopic (exact) mass is 194 g/mol. The number of rotatable bonds is 4.